The van der Waals surface area contributed by atoms with E-state index in [1.54, 1.807) is 12.1 Å². The summed E-state index contributed by atoms with van der Waals surface area (Å²) in [6, 6.07) is 5.95. The highest BCUT2D eigenvalue weighted by Gasteiger charge is 2.30. The minimum absolute atomic E-state index is 0.0291. The fourth-order valence-corrected chi connectivity index (χ4v) is 3.35. The van der Waals surface area contributed by atoms with Crippen molar-refractivity contribution >= 4 is 17.9 Å². The van der Waals surface area contributed by atoms with Crippen molar-refractivity contribution in [3.8, 4) is 0 Å². The van der Waals surface area contributed by atoms with Crippen molar-refractivity contribution in [2.45, 2.75) is 26.1 Å². The third-order valence-electron chi connectivity index (χ3n) is 4.66. The van der Waals surface area contributed by atoms with Crippen LogP contribution in [-0.2, 0) is 9.53 Å². The van der Waals surface area contributed by atoms with Crippen LogP contribution in [0.2, 0.25) is 0 Å². The van der Waals surface area contributed by atoms with Crippen molar-refractivity contribution in [1.82, 2.24) is 20.4 Å². The zero-order valence-corrected chi connectivity index (χ0v) is 16.2. The minimum Gasteiger partial charge on any atom is -0.367 e. The van der Waals surface area contributed by atoms with Gasteiger partial charge in [-0.1, -0.05) is 12.1 Å². The molecule has 2 aliphatic heterocycles. The summed E-state index contributed by atoms with van der Waals surface area (Å²) in [5.74, 6) is 0.193. The van der Waals surface area contributed by atoms with E-state index < -0.39 is 0 Å². The summed E-state index contributed by atoms with van der Waals surface area (Å²) in [6.45, 7) is 6.48. The number of urea groups is 1. The second-order valence-electron chi connectivity index (χ2n) is 6.83. The second kappa shape index (κ2) is 9.01. The molecule has 1 aromatic rings. The summed E-state index contributed by atoms with van der Waals surface area (Å²) in [6.07, 6.45) is -0.224. The van der Waals surface area contributed by atoms with E-state index in [0.29, 0.717) is 32.1 Å². The molecule has 28 heavy (non-hydrogen) atoms. The predicted octanol–water partition coefficient (Wildman–Crippen LogP) is 1.10. The van der Waals surface area contributed by atoms with E-state index in [-0.39, 0.29) is 43.1 Å². The molecule has 1 aromatic carbocycles. The maximum atomic E-state index is 13.2. The second-order valence-corrected chi connectivity index (χ2v) is 6.83. The zero-order valence-electron chi connectivity index (χ0n) is 16.2. The Morgan fingerprint density at radius 2 is 2.07 bits per heavy atom. The topological polar surface area (TPSA) is 86.3 Å². The number of imide groups is 1. The van der Waals surface area contributed by atoms with Crippen LogP contribution in [0.15, 0.2) is 29.3 Å². The van der Waals surface area contributed by atoms with Gasteiger partial charge in [0, 0.05) is 13.1 Å². The number of benzene rings is 1. The van der Waals surface area contributed by atoms with Crippen molar-refractivity contribution in [3.05, 3.63) is 35.6 Å². The molecule has 0 aromatic heterocycles. The maximum Gasteiger partial charge on any atom is 0.324 e. The van der Waals surface area contributed by atoms with Crippen LogP contribution in [0.5, 0.6) is 0 Å². The molecule has 0 radical (unpaired) electrons. The van der Waals surface area contributed by atoms with Gasteiger partial charge in [-0.05, 0) is 31.5 Å². The third kappa shape index (κ3) is 4.78. The van der Waals surface area contributed by atoms with Crippen LogP contribution in [0.4, 0.5) is 9.18 Å². The highest BCUT2D eigenvalue weighted by molar-refractivity contribution is 6.01. The molecule has 2 unspecified atom stereocenters. The van der Waals surface area contributed by atoms with Crippen LogP contribution >= 0.6 is 0 Å². The highest BCUT2D eigenvalue weighted by Crippen LogP contribution is 2.25. The first-order valence-electron chi connectivity index (χ1n) is 9.50. The Morgan fingerprint density at radius 1 is 1.32 bits per heavy atom. The van der Waals surface area contributed by atoms with Crippen LogP contribution in [0.25, 0.3) is 0 Å². The third-order valence-corrected chi connectivity index (χ3v) is 4.66. The van der Waals surface area contributed by atoms with Gasteiger partial charge in [0.05, 0.1) is 32.3 Å². The molecule has 2 atom stereocenters. The lowest BCUT2D eigenvalue weighted by Gasteiger charge is -2.38. The van der Waals surface area contributed by atoms with E-state index >= 15 is 0 Å². The van der Waals surface area contributed by atoms with E-state index in [9.17, 15) is 14.0 Å². The summed E-state index contributed by atoms with van der Waals surface area (Å²) >= 11 is 0. The number of guanidine groups is 1. The van der Waals surface area contributed by atoms with Gasteiger partial charge in [0.15, 0.2) is 5.96 Å². The standard InChI is InChI=1S/C19H26FN5O3/c1-3-21-18(22-8-9-25-17(26)10-23-19(25)27)24-11-13(2)28-16(12-24)14-4-6-15(20)7-5-14/h4-7,13,16H,3,8-12H2,1-2H3,(H,21,22)(H,23,27). The Kier molecular flexibility index (Phi) is 6.45. The van der Waals surface area contributed by atoms with Crippen molar-refractivity contribution in [1.29, 1.82) is 0 Å². The van der Waals surface area contributed by atoms with Crippen molar-refractivity contribution in [2.75, 3.05) is 39.3 Å². The normalized spacial score (nSPS) is 23.2. The van der Waals surface area contributed by atoms with Gasteiger partial charge in [-0.15, -0.1) is 0 Å². The van der Waals surface area contributed by atoms with Gasteiger partial charge >= 0.3 is 6.03 Å². The molecular weight excluding hydrogens is 365 g/mol. The van der Waals surface area contributed by atoms with Crippen LogP contribution in [0, 0.1) is 5.82 Å². The van der Waals surface area contributed by atoms with Crippen molar-refractivity contribution in [2.24, 2.45) is 4.99 Å². The van der Waals surface area contributed by atoms with E-state index in [4.69, 9.17) is 4.74 Å². The molecule has 0 saturated carbocycles. The summed E-state index contributed by atoms with van der Waals surface area (Å²) in [7, 11) is 0. The summed E-state index contributed by atoms with van der Waals surface area (Å²) in [4.78, 5) is 31.2. The van der Waals surface area contributed by atoms with Crippen LogP contribution in [0.1, 0.15) is 25.5 Å². The molecule has 2 saturated heterocycles. The lowest BCUT2D eigenvalue weighted by molar-refractivity contribution is -0.124. The minimum atomic E-state index is -0.374. The molecule has 2 heterocycles. The number of rotatable bonds is 5. The molecule has 9 heteroatoms. The van der Waals surface area contributed by atoms with Crippen LogP contribution < -0.4 is 10.6 Å². The van der Waals surface area contributed by atoms with Crippen molar-refractivity contribution in [3.63, 3.8) is 0 Å². The fraction of sp³-hybridized carbons (Fsp3) is 0.526. The lowest BCUT2D eigenvalue weighted by atomic mass is 10.1. The fourth-order valence-electron chi connectivity index (χ4n) is 3.35. The van der Waals surface area contributed by atoms with E-state index in [1.165, 1.54) is 17.0 Å². The number of carbonyl (C=O) groups excluding carboxylic acids is 2. The van der Waals surface area contributed by atoms with Crippen LogP contribution in [0.3, 0.4) is 0 Å². The lowest BCUT2D eigenvalue weighted by Crippen LogP contribution is -2.51. The first-order valence-corrected chi connectivity index (χ1v) is 9.50. The number of hydrogen-bond acceptors (Lipinski definition) is 4. The number of aliphatic imine (C=N–C) groups is 1. The molecule has 0 aliphatic carbocycles. The number of amides is 3. The summed E-state index contributed by atoms with van der Waals surface area (Å²) in [5, 5.41) is 5.76. The van der Waals surface area contributed by atoms with Crippen LogP contribution in [-0.4, -0.2) is 73.1 Å². The van der Waals surface area contributed by atoms with E-state index in [1.807, 2.05) is 13.8 Å². The van der Waals surface area contributed by atoms with E-state index in [2.05, 4.69) is 20.5 Å². The maximum absolute atomic E-state index is 13.2. The first kappa shape index (κ1) is 20.1. The summed E-state index contributed by atoms with van der Waals surface area (Å²) < 4.78 is 19.3. The Labute approximate surface area is 163 Å². The first-order chi connectivity index (χ1) is 13.5. The number of hydrogen-bond donors (Lipinski definition) is 2. The average molecular weight is 391 g/mol. The van der Waals surface area contributed by atoms with Gasteiger partial charge in [0.1, 0.15) is 11.9 Å². The molecule has 2 N–H and O–H groups in total. The number of morpholine rings is 1. The number of nitrogens with zero attached hydrogens (tertiary/aromatic N) is 3. The molecule has 8 nitrogen and oxygen atoms in total. The predicted molar refractivity (Wildman–Crippen MR) is 102 cm³/mol. The number of ether oxygens (including phenoxy) is 1. The summed E-state index contributed by atoms with van der Waals surface area (Å²) in [5.41, 5.74) is 0.910. The Bertz CT molecular complexity index is 724. The van der Waals surface area contributed by atoms with Gasteiger partial charge in [-0.3, -0.25) is 14.7 Å². The average Bonchev–Trinajstić information content (AvgIpc) is 2.99. The molecule has 0 spiro atoms. The molecular formula is C19H26FN5O3. The molecule has 2 fully saturated rings. The quantitative estimate of drug-likeness (QED) is 0.446. The number of carbonyl (C=O) groups is 2. The Morgan fingerprint density at radius 3 is 2.71 bits per heavy atom. The van der Waals surface area contributed by atoms with Gasteiger partial charge in [0.2, 0.25) is 5.91 Å². The molecule has 152 valence electrons. The van der Waals surface area contributed by atoms with Gasteiger partial charge < -0.3 is 20.3 Å². The van der Waals surface area contributed by atoms with Crippen molar-refractivity contribution < 1.29 is 18.7 Å². The van der Waals surface area contributed by atoms with Gasteiger partial charge in [0.25, 0.3) is 0 Å². The van der Waals surface area contributed by atoms with Gasteiger partial charge in [-0.25, -0.2) is 9.18 Å². The monoisotopic (exact) mass is 391 g/mol. The molecule has 0 bridgehead atoms. The smallest absolute Gasteiger partial charge is 0.324 e. The number of nitrogens with one attached hydrogen (secondary N) is 2. The number of halogens is 1. The largest absolute Gasteiger partial charge is 0.367 e. The Hall–Kier alpha value is -2.68. The molecule has 3 amide bonds. The highest BCUT2D eigenvalue weighted by atomic mass is 19.1. The Balaban J connectivity index is 1.68. The molecule has 2 aliphatic rings. The molecule has 3 rings (SSSR count). The van der Waals surface area contributed by atoms with E-state index in [0.717, 1.165) is 5.56 Å². The SMILES string of the molecule is CCNC(=NCCN1C(=O)CNC1=O)N1CC(C)OC(c2ccc(F)cc2)C1. The van der Waals surface area contributed by atoms with Gasteiger partial charge in [-0.2, -0.15) is 0 Å². The zero-order chi connectivity index (χ0) is 20.1.